The lowest BCUT2D eigenvalue weighted by Gasteiger charge is -2.08. The molecule has 2 nitrogen and oxygen atoms in total. The van der Waals surface area contributed by atoms with Crippen molar-refractivity contribution >= 4 is 27.5 Å². The molecule has 0 aromatic heterocycles. The van der Waals surface area contributed by atoms with Gasteiger partial charge in [0.15, 0.2) is 5.78 Å². The smallest absolute Gasteiger partial charge is 0.195 e. The highest BCUT2D eigenvalue weighted by Gasteiger charge is 2.36. The summed E-state index contributed by atoms with van der Waals surface area (Å²) in [6.07, 6.45) is -1.22. The first-order valence-corrected chi connectivity index (χ1v) is 6.87. The van der Waals surface area contributed by atoms with E-state index >= 15 is 0 Å². The molecule has 0 amide bonds. The fourth-order valence-corrected chi connectivity index (χ4v) is 2.83. The molecule has 2 aromatic carbocycles. The zero-order valence-corrected chi connectivity index (χ0v) is 11.9. The fraction of sp³-hybridized carbons (Fsp3) is 0.0625. The highest BCUT2D eigenvalue weighted by atomic mass is 79.9. The molecule has 1 unspecified atom stereocenters. The van der Waals surface area contributed by atoms with Crippen molar-refractivity contribution in [3.63, 3.8) is 0 Å². The molecule has 0 radical (unpaired) electrons. The first kappa shape index (κ1) is 13.2. The van der Waals surface area contributed by atoms with Gasteiger partial charge >= 0.3 is 0 Å². The number of hydrogen-bond acceptors (Lipinski definition) is 2. The molecule has 2 aromatic rings. The monoisotopic (exact) mass is 332 g/mol. The minimum Gasteiger partial charge on any atom is -0.383 e. The largest absolute Gasteiger partial charge is 0.383 e. The van der Waals surface area contributed by atoms with Crippen LogP contribution in [0.3, 0.4) is 0 Å². The van der Waals surface area contributed by atoms with Crippen LogP contribution >= 0.6 is 15.9 Å². The van der Waals surface area contributed by atoms with Crippen LogP contribution < -0.4 is 0 Å². The average molecular weight is 333 g/mol. The predicted molar refractivity (Wildman–Crippen MR) is 77.9 cm³/mol. The normalized spacial score (nSPS) is 19.9. The summed E-state index contributed by atoms with van der Waals surface area (Å²) in [6.45, 7) is 0. The quantitative estimate of drug-likeness (QED) is 0.799. The van der Waals surface area contributed by atoms with Crippen LogP contribution in [0, 0.1) is 0 Å². The summed E-state index contributed by atoms with van der Waals surface area (Å²) >= 11 is 3.25. The maximum Gasteiger partial charge on any atom is 0.195 e. The van der Waals surface area contributed by atoms with Gasteiger partial charge in [0.25, 0.3) is 0 Å². The van der Waals surface area contributed by atoms with Crippen LogP contribution in [-0.2, 0) is 0 Å². The second kappa shape index (κ2) is 4.96. The molecule has 0 saturated carbocycles. The third-order valence-electron chi connectivity index (χ3n) is 3.36. The maximum absolute atomic E-state index is 14.6. The van der Waals surface area contributed by atoms with Crippen molar-refractivity contribution in [2.24, 2.45) is 0 Å². The molecular weight excluding hydrogens is 323 g/mol. The Kier molecular flexibility index (Phi) is 3.28. The van der Waals surface area contributed by atoms with Crippen LogP contribution in [0.2, 0.25) is 0 Å². The van der Waals surface area contributed by atoms with Gasteiger partial charge in [-0.05, 0) is 11.6 Å². The highest BCUT2D eigenvalue weighted by Crippen LogP contribution is 2.41. The first-order chi connectivity index (χ1) is 9.61. The highest BCUT2D eigenvalue weighted by molar-refractivity contribution is 9.10. The zero-order valence-electron chi connectivity index (χ0n) is 10.3. The number of Topliss-reactive ketones (excluding diaryl/α,β-unsaturated/α-hetero) is 1. The van der Waals surface area contributed by atoms with Crippen LogP contribution in [0.4, 0.5) is 4.39 Å². The summed E-state index contributed by atoms with van der Waals surface area (Å²) < 4.78 is 15.2. The lowest BCUT2D eigenvalue weighted by atomic mass is 10.0. The zero-order chi connectivity index (χ0) is 14.3. The topological polar surface area (TPSA) is 37.3 Å². The van der Waals surface area contributed by atoms with Crippen molar-refractivity contribution in [3.8, 4) is 0 Å². The molecule has 1 aliphatic rings. The number of fused-ring (bicyclic) bond motifs is 1. The molecule has 0 saturated heterocycles. The van der Waals surface area contributed by atoms with E-state index in [1.807, 2.05) is 0 Å². The van der Waals surface area contributed by atoms with Gasteiger partial charge in [-0.15, -0.1) is 0 Å². The molecule has 1 aliphatic carbocycles. The Bertz CT molecular complexity index is 737. The Morgan fingerprint density at radius 3 is 2.45 bits per heavy atom. The predicted octanol–water partition coefficient (Wildman–Crippen LogP) is 4.06. The number of carbonyl (C=O) groups is 1. The summed E-state index contributed by atoms with van der Waals surface area (Å²) in [6, 6.07) is 13.3. The van der Waals surface area contributed by atoms with Crippen LogP contribution in [0.15, 0.2) is 58.6 Å². The van der Waals surface area contributed by atoms with E-state index < -0.39 is 17.7 Å². The van der Waals surface area contributed by atoms with Gasteiger partial charge < -0.3 is 5.11 Å². The summed E-state index contributed by atoms with van der Waals surface area (Å²) in [7, 11) is 0. The average Bonchev–Trinajstić information content (AvgIpc) is 2.71. The molecule has 1 N–H and O–H groups in total. The molecule has 0 aliphatic heterocycles. The Morgan fingerprint density at radius 2 is 1.75 bits per heavy atom. The number of rotatable bonds is 1. The summed E-state index contributed by atoms with van der Waals surface area (Å²) in [5, 5.41) is 10.2. The third kappa shape index (κ3) is 1.92. The van der Waals surface area contributed by atoms with Crippen molar-refractivity contribution in [2.75, 3.05) is 0 Å². The maximum atomic E-state index is 14.6. The van der Waals surface area contributed by atoms with Gasteiger partial charge in [-0.25, -0.2) is 4.39 Å². The molecule has 0 fully saturated rings. The van der Waals surface area contributed by atoms with Crippen LogP contribution in [-0.4, -0.2) is 10.9 Å². The molecule has 4 heteroatoms. The van der Waals surface area contributed by atoms with Crippen molar-refractivity contribution in [3.05, 3.63) is 75.3 Å². The van der Waals surface area contributed by atoms with Crippen molar-refractivity contribution in [1.29, 1.82) is 0 Å². The van der Waals surface area contributed by atoms with Gasteiger partial charge in [0.1, 0.15) is 11.9 Å². The number of benzene rings is 2. The molecule has 100 valence electrons. The van der Waals surface area contributed by atoms with E-state index in [2.05, 4.69) is 15.9 Å². The van der Waals surface area contributed by atoms with Gasteiger partial charge in [-0.3, -0.25) is 4.79 Å². The minimum atomic E-state index is -1.22. The first-order valence-electron chi connectivity index (χ1n) is 6.07. The van der Waals surface area contributed by atoms with E-state index in [0.29, 0.717) is 15.6 Å². The minimum absolute atomic E-state index is 0.196. The lowest BCUT2D eigenvalue weighted by molar-refractivity contribution is 0.101. The number of aliphatic hydroxyl groups excluding tert-OH is 1. The van der Waals surface area contributed by atoms with Crippen LogP contribution in [0.1, 0.15) is 27.6 Å². The second-order valence-corrected chi connectivity index (χ2v) is 5.38. The molecular formula is C16H10BrFO2. The SMILES string of the molecule is O=C1C(=C(F)c2ccccc2Br)C(O)c2ccccc21. The molecule has 20 heavy (non-hydrogen) atoms. The third-order valence-corrected chi connectivity index (χ3v) is 4.06. The van der Waals surface area contributed by atoms with E-state index in [4.69, 9.17) is 0 Å². The Balaban J connectivity index is 2.19. The number of hydrogen-bond donors (Lipinski definition) is 1. The van der Waals surface area contributed by atoms with Crippen molar-refractivity contribution in [2.45, 2.75) is 6.10 Å². The van der Waals surface area contributed by atoms with Gasteiger partial charge in [0.05, 0.1) is 5.57 Å². The summed E-state index contributed by atoms with van der Waals surface area (Å²) in [5.74, 6) is -1.15. The lowest BCUT2D eigenvalue weighted by Crippen LogP contribution is -2.02. The van der Waals surface area contributed by atoms with Crippen LogP contribution in [0.5, 0.6) is 0 Å². The number of ketones is 1. The summed E-state index contributed by atoms with van der Waals surface area (Å²) in [5.41, 5.74) is 0.882. The Labute approximate surface area is 123 Å². The molecule has 0 spiro atoms. The van der Waals surface area contributed by atoms with Gasteiger partial charge in [0, 0.05) is 15.6 Å². The van der Waals surface area contributed by atoms with E-state index in [1.54, 1.807) is 48.5 Å². The number of carbonyl (C=O) groups excluding carboxylic acids is 1. The van der Waals surface area contributed by atoms with Crippen molar-refractivity contribution < 1.29 is 14.3 Å². The molecule has 1 atom stereocenters. The molecule has 0 bridgehead atoms. The fourth-order valence-electron chi connectivity index (χ4n) is 2.37. The number of aliphatic hydroxyl groups is 1. The molecule has 0 heterocycles. The van der Waals surface area contributed by atoms with E-state index in [9.17, 15) is 14.3 Å². The Morgan fingerprint density at radius 1 is 1.10 bits per heavy atom. The van der Waals surface area contributed by atoms with E-state index in [0.717, 1.165) is 0 Å². The van der Waals surface area contributed by atoms with Gasteiger partial charge in [0.2, 0.25) is 0 Å². The second-order valence-electron chi connectivity index (χ2n) is 4.53. The summed E-state index contributed by atoms with van der Waals surface area (Å²) in [4.78, 5) is 12.3. The van der Waals surface area contributed by atoms with E-state index in [-0.39, 0.29) is 11.1 Å². The molecule has 3 rings (SSSR count). The van der Waals surface area contributed by atoms with Crippen molar-refractivity contribution in [1.82, 2.24) is 0 Å². The standard InChI is InChI=1S/C16H10BrFO2/c17-12-8-4-3-7-11(12)14(18)13-15(19)9-5-1-2-6-10(9)16(13)20/h1-8,15,19H. The van der Waals surface area contributed by atoms with Crippen LogP contribution in [0.25, 0.3) is 5.83 Å². The van der Waals surface area contributed by atoms with E-state index in [1.165, 1.54) is 0 Å². The number of halogens is 2. The van der Waals surface area contributed by atoms with Gasteiger partial charge in [-0.2, -0.15) is 0 Å². The van der Waals surface area contributed by atoms with Gasteiger partial charge in [-0.1, -0.05) is 58.4 Å². The Hall–Kier alpha value is -1.78.